The highest BCUT2D eigenvalue weighted by molar-refractivity contribution is 5.21. The lowest BCUT2D eigenvalue weighted by atomic mass is 10.0. The van der Waals surface area contributed by atoms with Crippen LogP contribution in [0.25, 0.3) is 0 Å². The first-order valence-electron chi connectivity index (χ1n) is 8.39. The number of hydrogen-bond donors (Lipinski definition) is 1. The molecule has 2 aromatic carbocycles. The largest absolute Gasteiger partial charge is 0.400 e. The Kier molecular flexibility index (Phi) is 18.0. The molecule has 0 aliphatic rings. The van der Waals surface area contributed by atoms with Crippen molar-refractivity contribution >= 4 is 0 Å². The molecule has 0 spiro atoms. The van der Waals surface area contributed by atoms with E-state index in [2.05, 4.69) is 61.5 Å². The fourth-order valence-corrected chi connectivity index (χ4v) is 1.90. The molecule has 0 fully saturated rings. The minimum atomic E-state index is 1.00. The predicted molar refractivity (Wildman–Crippen MR) is 100 cm³/mol. The molecule has 2 aromatic rings. The summed E-state index contributed by atoms with van der Waals surface area (Å²) in [6.07, 6.45) is 3.58. The van der Waals surface area contributed by atoms with Crippen LogP contribution < -0.4 is 0 Å². The monoisotopic (exact) mass is 302 g/mol. The number of benzene rings is 2. The molecule has 0 saturated carbocycles. The van der Waals surface area contributed by atoms with Gasteiger partial charge in [-0.05, 0) is 37.3 Å². The van der Waals surface area contributed by atoms with Crippen LogP contribution in [0.5, 0.6) is 0 Å². The summed E-state index contributed by atoms with van der Waals surface area (Å²) in [5, 5.41) is 7.00. The van der Waals surface area contributed by atoms with Gasteiger partial charge in [0.05, 0.1) is 0 Å². The summed E-state index contributed by atoms with van der Waals surface area (Å²) in [6.45, 7) is 10.1. The molecule has 0 unspecified atom stereocenters. The van der Waals surface area contributed by atoms with Crippen molar-refractivity contribution in [3.63, 3.8) is 0 Å². The standard InChI is InChI=1S/C16H18.2C2H6.CH4O/c1-14-10-12-16(13-11-14)9-5-8-15-6-3-2-4-7-15;3*1-2/h2-4,6-7,10-13H,5,8-9H2,1H3;2*1-2H3;2H,1H3. The van der Waals surface area contributed by atoms with Crippen molar-refractivity contribution in [1.82, 2.24) is 0 Å². The van der Waals surface area contributed by atoms with Crippen molar-refractivity contribution in [3.8, 4) is 0 Å². The smallest absolute Gasteiger partial charge is 0.0319 e. The normalized spacial score (nSPS) is 8.32. The van der Waals surface area contributed by atoms with Gasteiger partial charge in [-0.25, -0.2) is 0 Å². The van der Waals surface area contributed by atoms with Gasteiger partial charge in [-0.3, -0.25) is 0 Å². The Hall–Kier alpha value is -1.60. The molecule has 0 radical (unpaired) electrons. The number of aliphatic hydroxyl groups excluding tert-OH is 1. The van der Waals surface area contributed by atoms with Crippen LogP contribution in [0.2, 0.25) is 0 Å². The van der Waals surface area contributed by atoms with Crippen LogP contribution in [0.1, 0.15) is 50.8 Å². The van der Waals surface area contributed by atoms with Crippen LogP contribution in [-0.2, 0) is 12.8 Å². The molecule has 1 nitrogen and oxygen atoms in total. The maximum atomic E-state index is 7.00. The molecule has 0 heterocycles. The molecule has 0 saturated heterocycles. The van der Waals surface area contributed by atoms with Crippen molar-refractivity contribution in [2.24, 2.45) is 0 Å². The van der Waals surface area contributed by atoms with E-state index in [0.29, 0.717) is 0 Å². The highest BCUT2D eigenvalue weighted by Gasteiger charge is 1.94. The summed E-state index contributed by atoms with van der Waals surface area (Å²) in [4.78, 5) is 0. The number of rotatable bonds is 4. The summed E-state index contributed by atoms with van der Waals surface area (Å²) >= 11 is 0. The van der Waals surface area contributed by atoms with Crippen molar-refractivity contribution in [1.29, 1.82) is 0 Å². The summed E-state index contributed by atoms with van der Waals surface area (Å²) in [6, 6.07) is 19.6. The Morgan fingerprint density at radius 3 is 1.50 bits per heavy atom. The Labute approximate surface area is 138 Å². The van der Waals surface area contributed by atoms with E-state index in [9.17, 15) is 0 Å². The zero-order valence-electron chi connectivity index (χ0n) is 15.3. The Morgan fingerprint density at radius 1 is 0.636 bits per heavy atom. The summed E-state index contributed by atoms with van der Waals surface area (Å²) < 4.78 is 0. The van der Waals surface area contributed by atoms with Crippen LogP contribution in [0.3, 0.4) is 0 Å². The van der Waals surface area contributed by atoms with E-state index in [1.165, 1.54) is 36.0 Å². The lowest BCUT2D eigenvalue weighted by Crippen LogP contribution is -1.89. The van der Waals surface area contributed by atoms with Gasteiger partial charge < -0.3 is 5.11 Å². The molecule has 124 valence electrons. The van der Waals surface area contributed by atoms with E-state index in [0.717, 1.165) is 7.11 Å². The Balaban J connectivity index is 0. The molecule has 0 aliphatic carbocycles. The Morgan fingerprint density at radius 2 is 1.05 bits per heavy atom. The summed E-state index contributed by atoms with van der Waals surface area (Å²) in [7, 11) is 1.00. The van der Waals surface area contributed by atoms with Gasteiger partial charge in [0.15, 0.2) is 0 Å². The van der Waals surface area contributed by atoms with Gasteiger partial charge >= 0.3 is 0 Å². The third-order valence-electron chi connectivity index (χ3n) is 2.89. The summed E-state index contributed by atoms with van der Waals surface area (Å²) in [5.41, 5.74) is 4.22. The van der Waals surface area contributed by atoms with E-state index in [1.54, 1.807) is 0 Å². The molecular formula is C21H34O. The first-order valence-corrected chi connectivity index (χ1v) is 8.39. The molecule has 1 heteroatoms. The zero-order chi connectivity index (χ0) is 17.2. The second-order valence-electron chi connectivity index (χ2n) is 4.32. The highest BCUT2D eigenvalue weighted by atomic mass is 16.2. The second kappa shape index (κ2) is 17.5. The molecule has 0 bridgehead atoms. The van der Waals surface area contributed by atoms with Crippen molar-refractivity contribution in [2.75, 3.05) is 7.11 Å². The number of aryl methyl sites for hydroxylation is 3. The molecule has 0 amide bonds. The van der Waals surface area contributed by atoms with Crippen LogP contribution in [0.4, 0.5) is 0 Å². The highest BCUT2D eigenvalue weighted by Crippen LogP contribution is 2.09. The van der Waals surface area contributed by atoms with Crippen LogP contribution >= 0.6 is 0 Å². The van der Waals surface area contributed by atoms with Gasteiger partial charge in [-0.1, -0.05) is 87.9 Å². The molecule has 2 rings (SSSR count). The van der Waals surface area contributed by atoms with Crippen LogP contribution in [-0.4, -0.2) is 12.2 Å². The van der Waals surface area contributed by atoms with Crippen LogP contribution in [0, 0.1) is 6.92 Å². The minimum absolute atomic E-state index is 1.00. The van der Waals surface area contributed by atoms with E-state index < -0.39 is 0 Å². The van der Waals surface area contributed by atoms with Gasteiger partial charge in [0.1, 0.15) is 0 Å². The second-order valence-corrected chi connectivity index (χ2v) is 4.32. The molecule has 0 atom stereocenters. The Bertz CT molecular complexity index is 417. The van der Waals surface area contributed by atoms with Crippen LogP contribution in [0.15, 0.2) is 54.6 Å². The lowest BCUT2D eigenvalue weighted by Gasteiger charge is -2.02. The van der Waals surface area contributed by atoms with E-state index in [4.69, 9.17) is 5.11 Å². The average Bonchev–Trinajstić information content (AvgIpc) is 2.63. The first-order chi connectivity index (χ1) is 10.8. The SMILES string of the molecule is CC.CC.CO.Cc1ccc(CCCc2ccccc2)cc1. The van der Waals surface area contributed by atoms with Crippen molar-refractivity contribution < 1.29 is 5.11 Å². The van der Waals surface area contributed by atoms with Gasteiger partial charge in [0.2, 0.25) is 0 Å². The first kappa shape index (κ1) is 22.7. The maximum Gasteiger partial charge on any atom is 0.0319 e. The van der Waals surface area contributed by atoms with Crippen molar-refractivity contribution in [3.05, 3.63) is 71.3 Å². The zero-order valence-corrected chi connectivity index (χ0v) is 15.3. The average molecular weight is 303 g/mol. The molecular weight excluding hydrogens is 268 g/mol. The molecule has 0 aromatic heterocycles. The maximum absolute atomic E-state index is 7.00. The fourth-order valence-electron chi connectivity index (χ4n) is 1.90. The number of aliphatic hydroxyl groups is 1. The third-order valence-corrected chi connectivity index (χ3v) is 2.89. The predicted octanol–water partition coefficient (Wildman–Crippen LogP) is 5.83. The van der Waals surface area contributed by atoms with E-state index >= 15 is 0 Å². The van der Waals surface area contributed by atoms with Gasteiger partial charge in [0, 0.05) is 7.11 Å². The van der Waals surface area contributed by atoms with Gasteiger partial charge in [-0.15, -0.1) is 0 Å². The minimum Gasteiger partial charge on any atom is -0.400 e. The van der Waals surface area contributed by atoms with Crippen molar-refractivity contribution in [2.45, 2.75) is 53.9 Å². The summed E-state index contributed by atoms with van der Waals surface area (Å²) in [5.74, 6) is 0. The topological polar surface area (TPSA) is 20.2 Å². The van der Waals surface area contributed by atoms with E-state index in [-0.39, 0.29) is 0 Å². The molecule has 0 aliphatic heterocycles. The van der Waals surface area contributed by atoms with E-state index in [1.807, 2.05) is 27.7 Å². The number of hydrogen-bond acceptors (Lipinski definition) is 1. The van der Waals surface area contributed by atoms with Gasteiger partial charge in [0.25, 0.3) is 0 Å². The lowest BCUT2D eigenvalue weighted by molar-refractivity contribution is 0.399. The fraction of sp³-hybridized carbons (Fsp3) is 0.429. The molecule has 1 N–H and O–H groups in total. The van der Waals surface area contributed by atoms with Gasteiger partial charge in [-0.2, -0.15) is 0 Å². The quantitative estimate of drug-likeness (QED) is 0.753. The third kappa shape index (κ3) is 11.1. The molecule has 22 heavy (non-hydrogen) atoms.